The number of pyridine rings is 1. The van der Waals surface area contributed by atoms with E-state index in [1.165, 1.54) is 6.33 Å². The van der Waals surface area contributed by atoms with Crippen LogP contribution < -0.4 is 15.8 Å². The smallest absolute Gasteiger partial charge is 0.248 e. The second kappa shape index (κ2) is 6.40. The number of hydrogen-bond acceptors (Lipinski definition) is 6. The fourth-order valence-electron chi connectivity index (χ4n) is 1.75. The summed E-state index contributed by atoms with van der Waals surface area (Å²) in [5.74, 6) is 1.42. The molecule has 0 aliphatic carbocycles. The highest BCUT2D eigenvalue weighted by Crippen LogP contribution is 2.31. The van der Waals surface area contributed by atoms with Gasteiger partial charge in [-0.1, -0.05) is 15.9 Å². The van der Waals surface area contributed by atoms with Crippen LogP contribution in [0.15, 0.2) is 59.6 Å². The molecular formula is C15H12BrN5O. The molecule has 3 N–H and O–H groups in total. The molecule has 0 aliphatic heterocycles. The van der Waals surface area contributed by atoms with Crippen molar-refractivity contribution in [2.24, 2.45) is 0 Å². The van der Waals surface area contributed by atoms with Crippen molar-refractivity contribution in [2.45, 2.75) is 0 Å². The van der Waals surface area contributed by atoms with Crippen LogP contribution in [0.5, 0.6) is 11.6 Å². The number of benzene rings is 1. The molecule has 1 aromatic carbocycles. The van der Waals surface area contributed by atoms with Gasteiger partial charge in [0.15, 0.2) is 5.82 Å². The van der Waals surface area contributed by atoms with E-state index < -0.39 is 0 Å². The van der Waals surface area contributed by atoms with Gasteiger partial charge in [-0.2, -0.15) is 4.98 Å². The molecule has 0 spiro atoms. The highest BCUT2D eigenvalue weighted by molar-refractivity contribution is 9.10. The minimum atomic E-state index is 0.300. The van der Waals surface area contributed by atoms with Crippen molar-refractivity contribution in [1.82, 2.24) is 15.0 Å². The Bertz CT molecular complexity index is 765. The lowest BCUT2D eigenvalue weighted by molar-refractivity contribution is 0.464. The van der Waals surface area contributed by atoms with Crippen LogP contribution in [0, 0.1) is 0 Å². The Morgan fingerprint density at radius 3 is 2.45 bits per heavy atom. The van der Waals surface area contributed by atoms with Gasteiger partial charge in [0.25, 0.3) is 0 Å². The van der Waals surface area contributed by atoms with E-state index in [2.05, 4.69) is 36.2 Å². The lowest BCUT2D eigenvalue weighted by atomic mass is 10.3. The van der Waals surface area contributed by atoms with Crippen LogP contribution in [-0.2, 0) is 0 Å². The Labute approximate surface area is 135 Å². The fraction of sp³-hybridized carbons (Fsp3) is 0. The highest BCUT2D eigenvalue weighted by atomic mass is 79.9. The van der Waals surface area contributed by atoms with Gasteiger partial charge in [0.1, 0.15) is 17.8 Å². The van der Waals surface area contributed by atoms with Gasteiger partial charge in [0.05, 0.1) is 0 Å². The van der Waals surface area contributed by atoms with Crippen LogP contribution >= 0.6 is 15.9 Å². The lowest BCUT2D eigenvalue weighted by Gasteiger charge is -2.11. The first kappa shape index (κ1) is 14.3. The summed E-state index contributed by atoms with van der Waals surface area (Å²) in [5, 5.41) is 3.10. The number of ether oxygens (including phenoxy) is 1. The van der Waals surface area contributed by atoms with Crippen molar-refractivity contribution in [3.63, 3.8) is 0 Å². The van der Waals surface area contributed by atoms with Gasteiger partial charge in [-0.3, -0.25) is 4.98 Å². The van der Waals surface area contributed by atoms with Gasteiger partial charge in [-0.15, -0.1) is 0 Å². The van der Waals surface area contributed by atoms with Crippen molar-refractivity contribution in [3.05, 3.63) is 59.6 Å². The molecule has 22 heavy (non-hydrogen) atoms. The topological polar surface area (TPSA) is 86.0 Å². The molecule has 0 fully saturated rings. The second-order valence-electron chi connectivity index (χ2n) is 4.36. The van der Waals surface area contributed by atoms with Crippen molar-refractivity contribution >= 4 is 33.1 Å². The van der Waals surface area contributed by atoms with E-state index in [0.717, 1.165) is 10.2 Å². The molecule has 7 heteroatoms. The largest absolute Gasteiger partial charge is 0.437 e. The summed E-state index contributed by atoms with van der Waals surface area (Å²) in [7, 11) is 0. The first-order valence-corrected chi connectivity index (χ1v) is 7.22. The molecule has 0 atom stereocenters. The Morgan fingerprint density at radius 2 is 1.73 bits per heavy atom. The van der Waals surface area contributed by atoms with E-state index in [4.69, 9.17) is 10.5 Å². The minimum Gasteiger partial charge on any atom is -0.437 e. The normalized spacial score (nSPS) is 10.2. The molecular weight excluding hydrogens is 346 g/mol. The SMILES string of the molecule is Nc1c(Nc2ccncc2)ncnc1Oc1ccc(Br)cc1. The zero-order chi connectivity index (χ0) is 15.4. The maximum absolute atomic E-state index is 6.07. The van der Waals surface area contributed by atoms with Gasteiger partial charge >= 0.3 is 0 Å². The molecule has 6 nitrogen and oxygen atoms in total. The van der Waals surface area contributed by atoms with Gasteiger partial charge in [-0.05, 0) is 36.4 Å². The van der Waals surface area contributed by atoms with Crippen LogP contribution in [0.1, 0.15) is 0 Å². The summed E-state index contributed by atoms with van der Waals surface area (Å²) in [6, 6.07) is 11.0. The molecule has 0 saturated heterocycles. The predicted octanol–water partition coefficient (Wildman–Crippen LogP) is 3.75. The Balaban J connectivity index is 1.84. The Hall–Kier alpha value is -2.67. The average molecular weight is 358 g/mol. The lowest BCUT2D eigenvalue weighted by Crippen LogP contribution is -2.03. The quantitative estimate of drug-likeness (QED) is 0.739. The predicted molar refractivity (Wildman–Crippen MR) is 88.2 cm³/mol. The first-order valence-electron chi connectivity index (χ1n) is 6.43. The van der Waals surface area contributed by atoms with Crippen LogP contribution in [0.2, 0.25) is 0 Å². The third-order valence-corrected chi connectivity index (χ3v) is 3.35. The van der Waals surface area contributed by atoms with E-state index in [-0.39, 0.29) is 0 Å². The van der Waals surface area contributed by atoms with Crippen LogP contribution in [0.3, 0.4) is 0 Å². The molecule has 0 bridgehead atoms. The Morgan fingerprint density at radius 1 is 1.00 bits per heavy atom. The third-order valence-electron chi connectivity index (χ3n) is 2.82. The van der Waals surface area contributed by atoms with Crippen LogP contribution in [0.25, 0.3) is 0 Å². The summed E-state index contributed by atoms with van der Waals surface area (Å²) in [6.45, 7) is 0. The van der Waals surface area contributed by atoms with Gasteiger partial charge in [0, 0.05) is 22.6 Å². The second-order valence-corrected chi connectivity index (χ2v) is 5.27. The molecule has 3 rings (SSSR count). The number of nitrogens with zero attached hydrogens (tertiary/aromatic N) is 3. The van der Waals surface area contributed by atoms with E-state index in [0.29, 0.717) is 23.1 Å². The summed E-state index contributed by atoms with van der Waals surface area (Å²) in [6.07, 6.45) is 4.76. The maximum Gasteiger partial charge on any atom is 0.248 e. The summed E-state index contributed by atoms with van der Waals surface area (Å²) in [4.78, 5) is 12.2. The van der Waals surface area contributed by atoms with E-state index >= 15 is 0 Å². The molecule has 0 amide bonds. The van der Waals surface area contributed by atoms with Gasteiger partial charge < -0.3 is 15.8 Å². The fourth-order valence-corrected chi connectivity index (χ4v) is 2.01. The van der Waals surface area contributed by atoms with Crippen molar-refractivity contribution in [2.75, 3.05) is 11.1 Å². The molecule has 2 heterocycles. The standard InChI is InChI=1S/C15H12BrN5O/c16-10-1-3-12(4-2-10)22-15-13(17)14(19-9-20-15)21-11-5-7-18-8-6-11/h1-9H,17H2,(H,18,19,20,21). The minimum absolute atomic E-state index is 0.300. The van der Waals surface area contributed by atoms with Crippen molar-refractivity contribution < 1.29 is 4.74 Å². The zero-order valence-electron chi connectivity index (χ0n) is 11.4. The molecule has 3 aromatic rings. The van der Waals surface area contributed by atoms with Crippen molar-refractivity contribution in [3.8, 4) is 11.6 Å². The number of anilines is 3. The van der Waals surface area contributed by atoms with Gasteiger partial charge in [0.2, 0.25) is 5.88 Å². The average Bonchev–Trinajstić information content (AvgIpc) is 2.54. The molecule has 0 radical (unpaired) electrons. The molecule has 2 aromatic heterocycles. The monoisotopic (exact) mass is 357 g/mol. The number of nitrogens with two attached hydrogens (primary N) is 1. The third kappa shape index (κ3) is 3.32. The van der Waals surface area contributed by atoms with Crippen LogP contribution in [0.4, 0.5) is 17.2 Å². The molecule has 110 valence electrons. The number of halogens is 1. The molecule has 0 unspecified atom stereocenters. The summed E-state index contributed by atoms with van der Waals surface area (Å²) in [5.41, 5.74) is 7.24. The number of nitrogen functional groups attached to an aromatic ring is 1. The summed E-state index contributed by atoms with van der Waals surface area (Å²) < 4.78 is 6.66. The molecule has 0 aliphatic rings. The number of aromatic nitrogens is 3. The number of nitrogens with one attached hydrogen (secondary N) is 1. The Kier molecular flexibility index (Phi) is 4.15. The van der Waals surface area contributed by atoms with E-state index in [1.54, 1.807) is 12.4 Å². The van der Waals surface area contributed by atoms with Crippen LogP contribution in [-0.4, -0.2) is 15.0 Å². The zero-order valence-corrected chi connectivity index (χ0v) is 13.0. The highest BCUT2D eigenvalue weighted by Gasteiger charge is 2.10. The number of rotatable bonds is 4. The van der Waals surface area contributed by atoms with Crippen molar-refractivity contribution in [1.29, 1.82) is 0 Å². The first-order chi connectivity index (χ1) is 10.7. The summed E-state index contributed by atoms with van der Waals surface area (Å²) >= 11 is 3.37. The van der Waals surface area contributed by atoms with Gasteiger partial charge in [-0.25, -0.2) is 4.98 Å². The number of hydrogen-bond donors (Lipinski definition) is 2. The maximum atomic E-state index is 6.07. The van der Waals surface area contributed by atoms with E-state index in [1.807, 2.05) is 36.4 Å². The van der Waals surface area contributed by atoms with E-state index in [9.17, 15) is 0 Å². The molecule has 0 saturated carbocycles.